The first kappa shape index (κ1) is 17.4. The van der Waals surface area contributed by atoms with E-state index in [2.05, 4.69) is 15.9 Å². The highest BCUT2D eigenvalue weighted by molar-refractivity contribution is 9.10. The van der Waals surface area contributed by atoms with E-state index in [9.17, 15) is 13.2 Å². The number of nitrogens with zero attached hydrogens (tertiary/aromatic N) is 1. The van der Waals surface area contributed by atoms with E-state index in [1.165, 1.54) is 4.31 Å². The van der Waals surface area contributed by atoms with Crippen LogP contribution in [0.5, 0.6) is 0 Å². The fourth-order valence-electron chi connectivity index (χ4n) is 2.76. The van der Waals surface area contributed by atoms with Crippen molar-refractivity contribution >= 4 is 31.9 Å². The molecule has 1 N–H and O–H groups in total. The van der Waals surface area contributed by atoms with Gasteiger partial charge in [0.2, 0.25) is 10.0 Å². The molecule has 0 radical (unpaired) electrons. The van der Waals surface area contributed by atoms with Crippen molar-refractivity contribution in [2.24, 2.45) is 5.92 Å². The second kappa shape index (κ2) is 7.57. The number of benzene rings is 1. The number of hydrogen-bond acceptors (Lipinski definition) is 3. The van der Waals surface area contributed by atoms with E-state index in [0.717, 1.165) is 22.9 Å². The normalized spacial score (nSPS) is 20.0. The van der Waals surface area contributed by atoms with Crippen molar-refractivity contribution in [3.05, 3.63) is 34.3 Å². The average Bonchev–Trinajstić information content (AvgIpc) is 2.46. The van der Waals surface area contributed by atoms with Gasteiger partial charge in [0.1, 0.15) is 0 Å². The molecule has 7 heteroatoms. The Morgan fingerprint density at radius 2 is 2.09 bits per heavy atom. The van der Waals surface area contributed by atoms with Crippen molar-refractivity contribution in [1.29, 1.82) is 0 Å². The standard InChI is InChI=1S/C15H20BrNO4S/c16-14-6-2-1-5-13(14)7-9-22(20,21)17-8-3-4-12(11-17)10-15(18)19/h1-2,5-6,12H,3-4,7-11H2,(H,18,19). The third-order valence-electron chi connectivity index (χ3n) is 3.93. The molecule has 0 spiro atoms. The number of carbonyl (C=O) groups is 1. The predicted octanol–water partition coefficient (Wildman–Crippen LogP) is 2.51. The number of rotatable bonds is 6. The highest BCUT2D eigenvalue weighted by atomic mass is 79.9. The van der Waals surface area contributed by atoms with Crippen LogP contribution in [0.25, 0.3) is 0 Å². The zero-order chi connectivity index (χ0) is 16.2. The summed E-state index contributed by atoms with van der Waals surface area (Å²) in [4.78, 5) is 10.8. The van der Waals surface area contributed by atoms with E-state index in [4.69, 9.17) is 5.11 Å². The summed E-state index contributed by atoms with van der Waals surface area (Å²) in [5.74, 6) is -0.892. The minimum atomic E-state index is -3.35. The van der Waals surface area contributed by atoms with Gasteiger partial charge in [-0.3, -0.25) is 4.79 Å². The van der Waals surface area contributed by atoms with Crippen LogP contribution in [0.1, 0.15) is 24.8 Å². The summed E-state index contributed by atoms with van der Waals surface area (Å²) < 4.78 is 27.3. The molecular formula is C15H20BrNO4S. The quantitative estimate of drug-likeness (QED) is 0.810. The molecule has 0 bridgehead atoms. The molecule has 122 valence electrons. The smallest absolute Gasteiger partial charge is 0.303 e. The van der Waals surface area contributed by atoms with Crippen LogP contribution in [0.15, 0.2) is 28.7 Å². The molecule has 1 aliphatic heterocycles. The van der Waals surface area contributed by atoms with Gasteiger partial charge in [0.25, 0.3) is 0 Å². The molecular weight excluding hydrogens is 370 g/mol. The Morgan fingerprint density at radius 3 is 2.77 bits per heavy atom. The van der Waals surface area contributed by atoms with Gasteiger partial charge in [-0.25, -0.2) is 12.7 Å². The van der Waals surface area contributed by atoms with Crippen LogP contribution in [-0.2, 0) is 21.2 Å². The van der Waals surface area contributed by atoms with Crippen molar-refractivity contribution in [3.8, 4) is 0 Å². The highest BCUT2D eigenvalue weighted by Crippen LogP contribution is 2.23. The molecule has 1 saturated heterocycles. The number of halogens is 1. The van der Waals surface area contributed by atoms with E-state index in [1.807, 2.05) is 24.3 Å². The molecule has 22 heavy (non-hydrogen) atoms. The Kier molecular flexibility index (Phi) is 6.00. The summed E-state index contributed by atoms with van der Waals surface area (Å²) in [6, 6.07) is 7.58. The van der Waals surface area contributed by atoms with Gasteiger partial charge < -0.3 is 5.11 Å². The lowest BCUT2D eigenvalue weighted by molar-refractivity contribution is -0.138. The third kappa shape index (κ3) is 4.79. The maximum atomic E-state index is 12.5. The summed E-state index contributed by atoms with van der Waals surface area (Å²) in [5, 5.41) is 8.86. The van der Waals surface area contributed by atoms with Gasteiger partial charge in [-0.05, 0) is 36.8 Å². The van der Waals surface area contributed by atoms with Crippen LogP contribution in [0.2, 0.25) is 0 Å². The second-order valence-electron chi connectivity index (χ2n) is 5.62. The first-order valence-electron chi connectivity index (χ1n) is 7.31. The monoisotopic (exact) mass is 389 g/mol. The van der Waals surface area contributed by atoms with Crippen LogP contribution < -0.4 is 0 Å². The molecule has 0 aliphatic carbocycles. The summed E-state index contributed by atoms with van der Waals surface area (Å²) in [5.41, 5.74) is 0.963. The first-order valence-corrected chi connectivity index (χ1v) is 9.72. The topological polar surface area (TPSA) is 74.7 Å². The Labute approximate surface area is 139 Å². The zero-order valence-electron chi connectivity index (χ0n) is 12.2. The molecule has 2 rings (SSSR count). The predicted molar refractivity (Wildman–Crippen MR) is 88.2 cm³/mol. The highest BCUT2D eigenvalue weighted by Gasteiger charge is 2.29. The largest absolute Gasteiger partial charge is 0.481 e. The number of aliphatic carboxylic acids is 1. The van der Waals surface area contributed by atoms with Gasteiger partial charge in [0.05, 0.1) is 5.75 Å². The maximum absolute atomic E-state index is 12.5. The van der Waals surface area contributed by atoms with Gasteiger partial charge >= 0.3 is 5.97 Å². The van der Waals surface area contributed by atoms with Crippen LogP contribution in [-0.4, -0.2) is 42.6 Å². The average molecular weight is 390 g/mol. The fourth-order valence-corrected chi connectivity index (χ4v) is 4.83. The van der Waals surface area contributed by atoms with E-state index in [1.54, 1.807) is 0 Å². The summed E-state index contributed by atoms with van der Waals surface area (Å²) in [6.07, 6.45) is 1.99. The number of carboxylic acid groups (broad SMARTS) is 1. The lowest BCUT2D eigenvalue weighted by atomic mass is 9.96. The van der Waals surface area contributed by atoms with Crippen molar-refractivity contribution < 1.29 is 18.3 Å². The minimum Gasteiger partial charge on any atom is -0.481 e. The molecule has 1 atom stereocenters. The minimum absolute atomic E-state index is 0.0379. The van der Waals surface area contributed by atoms with Gasteiger partial charge in [0, 0.05) is 24.0 Å². The molecule has 1 heterocycles. The lowest BCUT2D eigenvalue weighted by Gasteiger charge is -2.31. The maximum Gasteiger partial charge on any atom is 0.303 e. The van der Waals surface area contributed by atoms with Crippen LogP contribution in [0.3, 0.4) is 0 Å². The van der Waals surface area contributed by atoms with Crippen molar-refractivity contribution in [2.75, 3.05) is 18.8 Å². The summed E-state index contributed by atoms with van der Waals surface area (Å²) in [6.45, 7) is 0.818. The van der Waals surface area contributed by atoms with Gasteiger partial charge in [0.15, 0.2) is 0 Å². The zero-order valence-corrected chi connectivity index (χ0v) is 14.6. The molecule has 0 aromatic heterocycles. The van der Waals surface area contributed by atoms with E-state index in [0.29, 0.717) is 19.5 Å². The third-order valence-corrected chi connectivity index (χ3v) is 6.54. The second-order valence-corrected chi connectivity index (χ2v) is 8.56. The van der Waals surface area contributed by atoms with Crippen molar-refractivity contribution in [1.82, 2.24) is 4.31 Å². The molecule has 1 fully saturated rings. The lowest BCUT2D eigenvalue weighted by Crippen LogP contribution is -2.41. The Hall–Kier alpha value is -0.920. The Morgan fingerprint density at radius 1 is 1.36 bits per heavy atom. The summed E-state index contributed by atoms with van der Waals surface area (Å²) in [7, 11) is -3.35. The van der Waals surface area contributed by atoms with E-state index >= 15 is 0 Å². The van der Waals surface area contributed by atoms with Crippen molar-refractivity contribution in [3.63, 3.8) is 0 Å². The van der Waals surface area contributed by atoms with Crippen LogP contribution in [0, 0.1) is 5.92 Å². The number of carboxylic acids is 1. The molecule has 0 saturated carbocycles. The van der Waals surface area contributed by atoms with Crippen molar-refractivity contribution in [2.45, 2.75) is 25.7 Å². The number of hydrogen-bond donors (Lipinski definition) is 1. The number of aryl methyl sites for hydroxylation is 1. The number of sulfonamides is 1. The molecule has 5 nitrogen and oxygen atoms in total. The number of piperidine rings is 1. The van der Waals surface area contributed by atoms with E-state index in [-0.39, 0.29) is 18.1 Å². The first-order chi connectivity index (χ1) is 10.4. The Bertz CT molecular complexity index is 632. The molecule has 1 aromatic rings. The van der Waals surface area contributed by atoms with E-state index < -0.39 is 16.0 Å². The summed E-state index contributed by atoms with van der Waals surface area (Å²) >= 11 is 3.42. The van der Waals surface area contributed by atoms with Gasteiger partial charge in [-0.1, -0.05) is 34.1 Å². The molecule has 1 aliphatic rings. The van der Waals surface area contributed by atoms with Gasteiger partial charge in [-0.2, -0.15) is 0 Å². The Balaban J connectivity index is 1.97. The van der Waals surface area contributed by atoms with Crippen LogP contribution in [0.4, 0.5) is 0 Å². The molecule has 1 aromatic carbocycles. The molecule has 1 unspecified atom stereocenters. The fraction of sp³-hybridized carbons (Fsp3) is 0.533. The SMILES string of the molecule is O=C(O)CC1CCCN(S(=O)(=O)CCc2ccccc2Br)C1. The molecule has 0 amide bonds. The van der Waals surface area contributed by atoms with Crippen LogP contribution >= 0.6 is 15.9 Å². The van der Waals surface area contributed by atoms with Gasteiger partial charge in [-0.15, -0.1) is 0 Å².